The number of hydrazine groups is 1. The molecule has 0 spiro atoms. The Morgan fingerprint density at radius 2 is 2.14 bits per heavy atom. The number of nitrogens with one attached hydrogen (secondary N) is 2. The van der Waals surface area contributed by atoms with Crippen LogP contribution in [-0.4, -0.2) is 42.5 Å². The average molecular weight is 290 g/mol. The standard InChI is InChI=1S/C12H18N8O/c13-19-11-16-10(15-9-4-1-3-8(9)7-21)17-12(18-11)20-6-2-5-14-20/h2,5-6,8-9,21H,1,3-4,7,13H2,(H2,15,16,17,18,19). The lowest BCUT2D eigenvalue weighted by Gasteiger charge is -2.19. The van der Waals surface area contributed by atoms with Gasteiger partial charge in [0, 0.05) is 31.0 Å². The summed E-state index contributed by atoms with van der Waals surface area (Å²) >= 11 is 0. The summed E-state index contributed by atoms with van der Waals surface area (Å²) in [5.41, 5.74) is 2.43. The van der Waals surface area contributed by atoms with Gasteiger partial charge in [-0.3, -0.25) is 5.43 Å². The molecule has 0 saturated heterocycles. The second kappa shape index (κ2) is 6.02. The Labute approximate surface area is 121 Å². The SMILES string of the molecule is NNc1nc(NC2CCCC2CO)nc(-n2cccn2)n1. The van der Waals surface area contributed by atoms with Crippen LogP contribution < -0.4 is 16.6 Å². The van der Waals surface area contributed by atoms with E-state index in [4.69, 9.17) is 5.84 Å². The first-order valence-corrected chi connectivity index (χ1v) is 6.90. The van der Waals surface area contributed by atoms with Gasteiger partial charge in [0.15, 0.2) is 0 Å². The maximum Gasteiger partial charge on any atom is 0.257 e. The highest BCUT2D eigenvalue weighted by Crippen LogP contribution is 2.27. The van der Waals surface area contributed by atoms with E-state index in [2.05, 4.69) is 30.8 Å². The molecular weight excluding hydrogens is 272 g/mol. The van der Waals surface area contributed by atoms with Crippen molar-refractivity contribution >= 4 is 11.9 Å². The van der Waals surface area contributed by atoms with E-state index in [9.17, 15) is 5.11 Å². The fraction of sp³-hybridized carbons (Fsp3) is 0.500. The Hall–Kier alpha value is -2.26. The third-order valence-electron chi connectivity index (χ3n) is 3.67. The van der Waals surface area contributed by atoms with Crippen LogP contribution in [-0.2, 0) is 0 Å². The Morgan fingerprint density at radius 1 is 1.29 bits per heavy atom. The van der Waals surface area contributed by atoms with Gasteiger partial charge in [-0.15, -0.1) is 0 Å². The van der Waals surface area contributed by atoms with Gasteiger partial charge in [0.05, 0.1) is 0 Å². The Bertz CT molecular complexity index is 587. The average Bonchev–Trinajstić information content (AvgIpc) is 3.18. The van der Waals surface area contributed by atoms with Crippen molar-refractivity contribution in [2.45, 2.75) is 25.3 Å². The zero-order chi connectivity index (χ0) is 14.7. The molecule has 0 radical (unpaired) electrons. The van der Waals surface area contributed by atoms with Crippen molar-refractivity contribution < 1.29 is 5.11 Å². The molecule has 112 valence electrons. The van der Waals surface area contributed by atoms with E-state index in [0.29, 0.717) is 11.9 Å². The number of aliphatic hydroxyl groups is 1. The maximum atomic E-state index is 9.38. The van der Waals surface area contributed by atoms with Gasteiger partial charge in [-0.1, -0.05) is 6.42 Å². The molecule has 2 heterocycles. The molecule has 2 aromatic heterocycles. The van der Waals surface area contributed by atoms with Crippen LogP contribution in [0.25, 0.3) is 5.95 Å². The lowest BCUT2D eigenvalue weighted by Crippen LogP contribution is -2.28. The summed E-state index contributed by atoms with van der Waals surface area (Å²) in [5.74, 6) is 6.69. The first-order chi connectivity index (χ1) is 10.3. The number of nitrogens with two attached hydrogens (primary N) is 1. The minimum absolute atomic E-state index is 0.161. The van der Waals surface area contributed by atoms with Crippen LogP contribution in [0.3, 0.4) is 0 Å². The van der Waals surface area contributed by atoms with Gasteiger partial charge in [0.1, 0.15) is 0 Å². The van der Waals surface area contributed by atoms with Crippen LogP contribution >= 0.6 is 0 Å². The Kier molecular flexibility index (Phi) is 3.93. The van der Waals surface area contributed by atoms with Gasteiger partial charge >= 0.3 is 0 Å². The van der Waals surface area contributed by atoms with Gasteiger partial charge in [-0.25, -0.2) is 10.5 Å². The van der Waals surface area contributed by atoms with Crippen molar-refractivity contribution in [3.8, 4) is 5.95 Å². The first-order valence-electron chi connectivity index (χ1n) is 6.90. The van der Waals surface area contributed by atoms with Gasteiger partial charge in [0.25, 0.3) is 5.95 Å². The number of hydrogen-bond donors (Lipinski definition) is 4. The van der Waals surface area contributed by atoms with E-state index < -0.39 is 0 Å². The summed E-state index contributed by atoms with van der Waals surface area (Å²) in [7, 11) is 0. The highest BCUT2D eigenvalue weighted by atomic mass is 16.3. The predicted molar refractivity (Wildman–Crippen MR) is 76.6 cm³/mol. The predicted octanol–water partition coefficient (Wildman–Crippen LogP) is -0.0842. The highest BCUT2D eigenvalue weighted by molar-refractivity contribution is 5.38. The summed E-state index contributed by atoms with van der Waals surface area (Å²) in [5, 5.41) is 16.7. The second-order valence-corrected chi connectivity index (χ2v) is 5.00. The molecule has 0 bridgehead atoms. The number of anilines is 2. The topological polar surface area (TPSA) is 127 Å². The van der Waals surface area contributed by atoms with Crippen LogP contribution in [0.2, 0.25) is 0 Å². The summed E-state index contributed by atoms with van der Waals surface area (Å²) in [4.78, 5) is 12.7. The lowest BCUT2D eigenvalue weighted by molar-refractivity contribution is 0.222. The van der Waals surface area contributed by atoms with Gasteiger partial charge in [-0.05, 0) is 18.9 Å². The monoisotopic (exact) mass is 290 g/mol. The van der Waals surface area contributed by atoms with Crippen LogP contribution in [0.1, 0.15) is 19.3 Å². The Balaban J connectivity index is 1.86. The maximum absolute atomic E-state index is 9.38. The van der Waals surface area contributed by atoms with Crippen LogP contribution in [0, 0.1) is 5.92 Å². The molecule has 2 unspecified atom stereocenters. The fourth-order valence-corrected chi connectivity index (χ4v) is 2.59. The number of aromatic nitrogens is 5. The molecular formula is C12H18N8O. The van der Waals surface area contributed by atoms with Gasteiger partial charge in [0.2, 0.25) is 11.9 Å². The minimum atomic E-state index is 0.161. The van der Waals surface area contributed by atoms with E-state index in [1.807, 2.05) is 0 Å². The fourth-order valence-electron chi connectivity index (χ4n) is 2.59. The molecule has 1 saturated carbocycles. The molecule has 0 amide bonds. The number of nitrogen functional groups attached to an aromatic ring is 1. The number of nitrogens with zero attached hydrogens (tertiary/aromatic N) is 5. The van der Waals surface area contributed by atoms with E-state index in [1.165, 1.54) is 4.68 Å². The molecule has 9 heteroatoms. The van der Waals surface area contributed by atoms with Gasteiger partial charge < -0.3 is 10.4 Å². The van der Waals surface area contributed by atoms with Crippen molar-refractivity contribution in [1.82, 2.24) is 24.7 Å². The van der Waals surface area contributed by atoms with Gasteiger partial charge in [-0.2, -0.15) is 20.1 Å². The van der Waals surface area contributed by atoms with Crippen LogP contribution in [0.5, 0.6) is 0 Å². The molecule has 9 nitrogen and oxygen atoms in total. The summed E-state index contributed by atoms with van der Waals surface area (Å²) in [6.45, 7) is 0.163. The van der Waals surface area contributed by atoms with E-state index in [0.717, 1.165) is 19.3 Å². The quantitative estimate of drug-likeness (QED) is 0.444. The largest absolute Gasteiger partial charge is 0.396 e. The summed E-state index contributed by atoms with van der Waals surface area (Å²) < 4.78 is 1.53. The van der Waals surface area contributed by atoms with Crippen molar-refractivity contribution in [2.75, 3.05) is 17.3 Å². The zero-order valence-corrected chi connectivity index (χ0v) is 11.5. The molecule has 2 aromatic rings. The smallest absolute Gasteiger partial charge is 0.257 e. The molecule has 21 heavy (non-hydrogen) atoms. The van der Waals surface area contributed by atoms with E-state index in [-0.39, 0.29) is 24.5 Å². The summed E-state index contributed by atoms with van der Waals surface area (Å²) in [6.07, 6.45) is 6.46. The van der Waals surface area contributed by atoms with Crippen molar-refractivity contribution in [3.05, 3.63) is 18.5 Å². The first kappa shape index (κ1) is 13.7. The summed E-state index contributed by atoms with van der Waals surface area (Å²) in [6, 6.07) is 1.94. The molecule has 1 fully saturated rings. The normalized spacial score (nSPS) is 21.4. The molecule has 5 N–H and O–H groups in total. The highest BCUT2D eigenvalue weighted by Gasteiger charge is 2.27. The molecule has 0 aromatic carbocycles. The Morgan fingerprint density at radius 3 is 2.86 bits per heavy atom. The van der Waals surface area contributed by atoms with Crippen molar-refractivity contribution in [1.29, 1.82) is 0 Å². The number of rotatable bonds is 5. The molecule has 1 aliphatic carbocycles. The molecule has 2 atom stereocenters. The molecule has 3 rings (SSSR count). The minimum Gasteiger partial charge on any atom is -0.396 e. The number of hydrogen-bond acceptors (Lipinski definition) is 8. The van der Waals surface area contributed by atoms with Crippen molar-refractivity contribution in [2.24, 2.45) is 11.8 Å². The van der Waals surface area contributed by atoms with Crippen molar-refractivity contribution in [3.63, 3.8) is 0 Å². The molecule has 0 aliphatic heterocycles. The van der Waals surface area contributed by atoms with E-state index >= 15 is 0 Å². The third-order valence-corrected chi connectivity index (χ3v) is 3.67. The van der Waals surface area contributed by atoms with E-state index in [1.54, 1.807) is 18.5 Å². The number of aliphatic hydroxyl groups excluding tert-OH is 1. The molecule has 1 aliphatic rings. The van der Waals surface area contributed by atoms with Crippen LogP contribution in [0.15, 0.2) is 18.5 Å². The van der Waals surface area contributed by atoms with Crippen LogP contribution in [0.4, 0.5) is 11.9 Å². The lowest BCUT2D eigenvalue weighted by atomic mass is 10.1. The zero-order valence-electron chi connectivity index (χ0n) is 11.5. The third kappa shape index (κ3) is 2.93. The second-order valence-electron chi connectivity index (χ2n) is 5.00.